The fourth-order valence-electron chi connectivity index (χ4n) is 1.45. The lowest BCUT2D eigenvalue weighted by atomic mass is 9.98. The number of rotatable bonds is 3. The molecule has 0 amide bonds. The number of alkyl halides is 2. The maximum absolute atomic E-state index is 13.4. The standard InChI is InChI=1S/C7H14F2O2P2/c1-3-5-4(2)7(8,9)6(10-5)11-13-12/h4-6,13H,3,12H2,1-2H3/t4-,5+,6-/m0/s1. The van der Waals surface area contributed by atoms with Gasteiger partial charge in [0.15, 0.2) is 0 Å². The molecule has 1 fully saturated rings. The smallest absolute Gasteiger partial charge is 0.303 e. The first-order valence-corrected chi connectivity index (χ1v) is 6.90. The van der Waals surface area contributed by atoms with Crippen LogP contribution in [0.5, 0.6) is 0 Å². The Hall–Kier alpha value is 0.640. The molecule has 0 radical (unpaired) electrons. The summed E-state index contributed by atoms with van der Waals surface area (Å²) in [5.41, 5.74) is 0. The van der Waals surface area contributed by atoms with Gasteiger partial charge in [-0.1, -0.05) is 22.8 Å². The summed E-state index contributed by atoms with van der Waals surface area (Å²) >= 11 is 0. The number of hydrogen-bond acceptors (Lipinski definition) is 2. The summed E-state index contributed by atoms with van der Waals surface area (Å²) in [6.07, 6.45) is -1.15. The molecule has 1 aliphatic rings. The molecule has 0 N–H and O–H groups in total. The largest absolute Gasteiger partial charge is 0.343 e. The minimum atomic E-state index is -2.86. The number of ether oxygens (including phenoxy) is 1. The van der Waals surface area contributed by atoms with E-state index in [1.165, 1.54) is 6.92 Å². The van der Waals surface area contributed by atoms with Crippen LogP contribution in [0.15, 0.2) is 0 Å². The van der Waals surface area contributed by atoms with Crippen LogP contribution in [0.3, 0.4) is 0 Å². The molecule has 5 atom stereocenters. The van der Waals surface area contributed by atoms with Crippen LogP contribution < -0.4 is 0 Å². The van der Waals surface area contributed by atoms with Gasteiger partial charge in [-0.3, -0.25) is 0 Å². The molecule has 13 heavy (non-hydrogen) atoms. The third-order valence-corrected chi connectivity index (χ3v) is 3.11. The van der Waals surface area contributed by atoms with Crippen molar-refractivity contribution in [3.8, 4) is 0 Å². The molecule has 6 heteroatoms. The monoisotopic (exact) mass is 230 g/mol. The third-order valence-electron chi connectivity index (χ3n) is 2.35. The first-order chi connectivity index (χ1) is 6.04. The predicted octanol–water partition coefficient (Wildman–Crippen LogP) is 2.79. The van der Waals surface area contributed by atoms with Crippen molar-refractivity contribution in [3.63, 3.8) is 0 Å². The Labute approximate surface area is 80.7 Å². The lowest BCUT2D eigenvalue weighted by Crippen LogP contribution is -2.34. The molecule has 78 valence electrons. The summed E-state index contributed by atoms with van der Waals surface area (Å²) in [6.45, 7) is 3.34. The summed E-state index contributed by atoms with van der Waals surface area (Å²) in [7, 11) is 2.22. The van der Waals surface area contributed by atoms with Crippen molar-refractivity contribution >= 4 is 17.4 Å². The van der Waals surface area contributed by atoms with Crippen LogP contribution in [-0.2, 0) is 9.26 Å². The molecule has 0 aromatic carbocycles. The van der Waals surface area contributed by atoms with E-state index in [1.807, 2.05) is 6.92 Å². The molecule has 0 bridgehead atoms. The Morgan fingerprint density at radius 1 is 1.62 bits per heavy atom. The lowest BCUT2D eigenvalue weighted by molar-refractivity contribution is -0.171. The molecule has 1 saturated heterocycles. The lowest BCUT2D eigenvalue weighted by Gasteiger charge is -2.19. The molecule has 0 aromatic rings. The fourth-order valence-corrected chi connectivity index (χ4v) is 2.15. The van der Waals surface area contributed by atoms with Crippen molar-refractivity contribution in [3.05, 3.63) is 0 Å². The van der Waals surface area contributed by atoms with Crippen LogP contribution in [0, 0.1) is 5.92 Å². The Kier molecular flexibility index (Phi) is 4.00. The summed E-state index contributed by atoms with van der Waals surface area (Å²) < 4.78 is 36.7. The van der Waals surface area contributed by atoms with E-state index >= 15 is 0 Å². The Bertz CT molecular complexity index is 180. The molecule has 2 unspecified atom stereocenters. The van der Waals surface area contributed by atoms with Gasteiger partial charge in [0.2, 0.25) is 6.29 Å². The topological polar surface area (TPSA) is 18.5 Å². The van der Waals surface area contributed by atoms with E-state index in [1.54, 1.807) is 0 Å². The summed E-state index contributed by atoms with van der Waals surface area (Å²) in [6, 6.07) is 0. The van der Waals surface area contributed by atoms with Crippen LogP contribution >= 0.6 is 17.4 Å². The highest BCUT2D eigenvalue weighted by Crippen LogP contribution is 2.45. The second-order valence-electron chi connectivity index (χ2n) is 3.11. The van der Waals surface area contributed by atoms with Crippen molar-refractivity contribution < 1.29 is 18.0 Å². The molecular formula is C7H14F2O2P2. The van der Waals surface area contributed by atoms with Gasteiger partial charge in [0.05, 0.1) is 12.0 Å². The van der Waals surface area contributed by atoms with E-state index in [4.69, 9.17) is 9.26 Å². The molecular weight excluding hydrogens is 216 g/mol. The van der Waals surface area contributed by atoms with Crippen molar-refractivity contribution in [2.45, 2.75) is 38.6 Å². The van der Waals surface area contributed by atoms with Crippen LogP contribution in [-0.4, -0.2) is 18.3 Å². The second kappa shape index (κ2) is 4.44. The van der Waals surface area contributed by atoms with Gasteiger partial charge in [0.1, 0.15) is 0 Å². The van der Waals surface area contributed by atoms with E-state index in [0.717, 1.165) is 0 Å². The average Bonchev–Trinajstić information content (AvgIpc) is 2.29. The summed E-state index contributed by atoms with van der Waals surface area (Å²) in [4.78, 5) is 0. The van der Waals surface area contributed by atoms with Crippen LogP contribution in [0.2, 0.25) is 0 Å². The van der Waals surface area contributed by atoms with E-state index < -0.39 is 18.1 Å². The molecule has 0 saturated carbocycles. The predicted molar refractivity (Wildman–Crippen MR) is 52.2 cm³/mol. The van der Waals surface area contributed by atoms with Gasteiger partial charge in [-0.2, -0.15) is 0 Å². The van der Waals surface area contributed by atoms with Crippen molar-refractivity contribution in [2.75, 3.05) is 0 Å². The number of halogens is 2. The van der Waals surface area contributed by atoms with Gasteiger partial charge in [0.25, 0.3) is 0 Å². The first kappa shape index (κ1) is 11.7. The van der Waals surface area contributed by atoms with E-state index in [9.17, 15) is 8.78 Å². The van der Waals surface area contributed by atoms with Crippen molar-refractivity contribution in [1.82, 2.24) is 0 Å². The van der Waals surface area contributed by atoms with Crippen LogP contribution in [0.4, 0.5) is 8.78 Å². The molecule has 0 aromatic heterocycles. The molecule has 2 nitrogen and oxygen atoms in total. The van der Waals surface area contributed by atoms with Crippen molar-refractivity contribution in [2.24, 2.45) is 5.92 Å². The van der Waals surface area contributed by atoms with Gasteiger partial charge in [0, 0.05) is 8.50 Å². The summed E-state index contributed by atoms with van der Waals surface area (Å²) in [5, 5.41) is 0. The van der Waals surface area contributed by atoms with E-state index in [2.05, 4.69) is 8.93 Å². The third kappa shape index (κ3) is 2.18. The Balaban J connectivity index is 2.68. The van der Waals surface area contributed by atoms with Gasteiger partial charge in [-0.15, -0.1) is 0 Å². The maximum atomic E-state index is 13.4. The molecule has 1 rings (SSSR count). The number of hydrogen-bond donors (Lipinski definition) is 0. The highest BCUT2D eigenvalue weighted by molar-refractivity contribution is 8.00. The zero-order valence-electron chi connectivity index (χ0n) is 7.59. The Morgan fingerprint density at radius 2 is 2.23 bits per heavy atom. The van der Waals surface area contributed by atoms with Gasteiger partial charge >= 0.3 is 5.92 Å². The summed E-state index contributed by atoms with van der Waals surface area (Å²) in [5.74, 6) is -3.62. The molecule has 1 aliphatic heterocycles. The Morgan fingerprint density at radius 3 is 2.62 bits per heavy atom. The van der Waals surface area contributed by atoms with Crippen molar-refractivity contribution in [1.29, 1.82) is 0 Å². The second-order valence-corrected chi connectivity index (χ2v) is 4.29. The van der Waals surface area contributed by atoms with E-state index in [0.29, 0.717) is 6.42 Å². The normalized spacial score (nSPS) is 39.0. The first-order valence-electron chi connectivity index (χ1n) is 4.18. The van der Waals surface area contributed by atoms with Crippen LogP contribution in [0.25, 0.3) is 0 Å². The van der Waals surface area contributed by atoms with E-state index in [-0.39, 0.29) is 14.6 Å². The van der Waals surface area contributed by atoms with Gasteiger partial charge < -0.3 is 9.26 Å². The van der Waals surface area contributed by atoms with Crippen LogP contribution in [0.1, 0.15) is 20.3 Å². The van der Waals surface area contributed by atoms with Gasteiger partial charge in [-0.25, -0.2) is 8.78 Å². The molecule has 0 aliphatic carbocycles. The average molecular weight is 230 g/mol. The zero-order valence-corrected chi connectivity index (χ0v) is 9.74. The highest BCUT2D eigenvalue weighted by Gasteiger charge is 2.56. The maximum Gasteiger partial charge on any atom is 0.303 e. The quantitative estimate of drug-likeness (QED) is 0.694. The SMILES string of the molecule is CC[C@H]1O[C@@H](OPP)C(F)(F)[C@H]1C. The van der Waals surface area contributed by atoms with Gasteiger partial charge in [-0.05, 0) is 6.42 Å². The highest BCUT2D eigenvalue weighted by atomic mass is 32.0. The fraction of sp³-hybridized carbons (Fsp3) is 1.00. The molecule has 1 heterocycles. The molecule has 0 spiro atoms. The zero-order chi connectivity index (χ0) is 10.1. The minimum absolute atomic E-state index is 0.0491. The minimum Gasteiger partial charge on any atom is -0.343 e.